The van der Waals surface area contributed by atoms with Gasteiger partial charge in [0.05, 0.1) is 0 Å². The molecule has 4 heteroatoms. The third kappa shape index (κ3) is 4.78. The average molecular weight is 228 g/mol. The fourth-order valence-corrected chi connectivity index (χ4v) is 2.60. The van der Waals surface area contributed by atoms with Crippen LogP contribution in [0, 0.1) is 0 Å². The molecule has 0 amide bonds. The van der Waals surface area contributed by atoms with Crippen LogP contribution in [0.5, 0.6) is 0 Å². The van der Waals surface area contributed by atoms with Gasteiger partial charge in [0.2, 0.25) is 0 Å². The van der Waals surface area contributed by atoms with Crippen molar-refractivity contribution in [1.82, 2.24) is 4.90 Å². The maximum atomic E-state index is 6.04. The topological polar surface area (TPSA) is 81.3 Å². The van der Waals surface area contributed by atoms with Gasteiger partial charge in [-0.2, -0.15) is 0 Å². The Kier molecular flexibility index (Phi) is 6.96. The Morgan fingerprint density at radius 2 is 1.62 bits per heavy atom. The van der Waals surface area contributed by atoms with Crippen LogP contribution >= 0.6 is 0 Å². The smallest absolute Gasteiger partial charge is 0.0110 e. The third-order valence-electron chi connectivity index (χ3n) is 3.50. The van der Waals surface area contributed by atoms with Crippen LogP contribution in [0.2, 0.25) is 0 Å². The van der Waals surface area contributed by atoms with Gasteiger partial charge in [0.25, 0.3) is 0 Å². The van der Waals surface area contributed by atoms with Gasteiger partial charge in [-0.3, -0.25) is 0 Å². The molecule has 0 spiro atoms. The lowest BCUT2D eigenvalue weighted by atomic mass is 9.90. The largest absolute Gasteiger partial charge is 0.330 e. The number of hydrogen-bond acceptors (Lipinski definition) is 4. The first-order valence-electron chi connectivity index (χ1n) is 6.67. The van der Waals surface area contributed by atoms with Gasteiger partial charge in [0.15, 0.2) is 0 Å². The quantitative estimate of drug-likeness (QED) is 0.584. The van der Waals surface area contributed by atoms with Crippen molar-refractivity contribution in [2.24, 2.45) is 17.2 Å². The van der Waals surface area contributed by atoms with E-state index in [1.54, 1.807) is 0 Å². The van der Waals surface area contributed by atoms with E-state index in [0.717, 1.165) is 45.4 Å². The highest BCUT2D eigenvalue weighted by molar-refractivity contribution is 4.82. The van der Waals surface area contributed by atoms with Gasteiger partial charge >= 0.3 is 0 Å². The number of rotatable bonds is 7. The van der Waals surface area contributed by atoms with Crippen LogP contribution in [0.3, 0.4) is 0 Å². The molecule has 1 aliphatic rings. The summed E-state index contributed by atoms with van der Waals surface area (Å²) in [5, 5.41) is 0. The van der Waals surface area contributed by atoms with Crippen LogP contribution in [0.15, 0.2) is 0 Å². The predicted octanol–water partition coefficient (Wildman–Crippen LogP) is 0.256. The zero-order chi connectivity index (χ0) is 11.8. The summed E-state index contributed by atoms with van der Waals surface area (Å²) in [7, 11) is 0. The second-order valence-corrected chi connectivity index (χ2v) is 4.90. The van der Waals surface area contributed by atoms with Crippen LogP contribution in [-0.2, 0) is 0 Å². The van der Waals surface area contributed by atoms with Gasteiger partial charge in [0, 0.05) is 12.1 Å². The summed E-state index contributed by atoms with van der Waals surface area (Å²) in [6, 6.07) is 1.07. The minimum absolute atomic E-state index is 0.400. The molecule has 16 heavy (non-hydrogen) atoms. The first kappa shape index (κ1) is 13.9. The van der Waals surface area contributed by atoms with Crippen molar-refractivity contribution >= 4 is 0 Å². The van der Waals surface area contributed by atoms with Crippen molar-refractivity contribution in [2.75, 3.05) is 26.2 Å². The van der Waals surface area contributed by atoms with E-state index < -0.39 is 0 Å². The van der Waals surface area contributed by atoms with Crippen molar-refractivity contribution in [3.63, 3.8) is 0 Å². The molecule has 1 saturated carbocycles. The molecule has 0 heterocycles. The normalized spacial score (nSPS) is 26.2. The van der Waals surface area contributed by atoms with Gasteiger partial charge in [0.1, 0.15) is 0 Å². The summed E-state index contributed by atoms with van der Waals surface area (Å²) in [4.78, 5) is 2.55. The summed E-state index contributed by atoms with van der Waals surface area (Å²) >= 11 is 0. The minimum atomic E-state index is 0.400. The van der Waals surface area contributed by atoms with E-state index in [9.17, 15) is 0 Å². The molecule has 0 aliphatic heterocycles. The Balaban J connectivity index is 2.38. The van der Waals surface area contributed by atoms with Crippen molar-refractivity contribution in [2.45, 2.75) is 50.6 Å². The molecule has 2 unspecified atom stereocenters. The molecule has 96 valence electrons. The average Bonchev–Trinajstić information content (AvgIpc) is 2.29. The summed E-state index contributed by atoms with van der Waals surface area (Å²) in [6.45, 7) is 3.76. The first-order valence-corrected chi connectivity index (χ1v) is 6.67. The third-order valence-corrected chi connectivity index (χ3v) is 3.50. The monoisotopic (exact) mass is 228 g/mol. The molecule has 0 aromatic carbocycles. The molecule has 0 aromatic heterocycles. The van der Waals surface area contributed by atoms with Gasteiger partial charge < -0.3 is 22.1 Å². The molecule has 4 nitrogen and oxygen atoms in total. The maximum absolute atomic E-state index is 6.04. The Labute approximate surface area is 99.5 Å². The molecule has 2 atom stereocenters. The van der Waals surface area contributed by atoms with Gasteiger partial charge in [-0.15, -0.1) is 0 Å². The number of hydrogen-bond donors (Lipinski definition) is 3. The van der Waals surface area contributed by atoms with E-state index in [-0.39, 0.29) is 0 Å². The highest BCUT2D eigenvalue weighted by Crippen LogP contribution is 2.22. The zero-order valence-electron chi connectivity index (χ0n) is 10.4. The van der Waals surface area contributed by atoms with E-state index in [2.05, 4.69) is 4.90 Å². The number of nitrogens with two attached hydrogens (primary N) is 3. The lowest BCUT2D eigenvalue weighted by Crippen LogP contribution is -2.44. The van der Waals surface area contributed by atoms with Crippen LogP contribution in [0.4, 0.5) is 0 Å². The maximum Gasteiger partial charge on any atom is 0.0110 e. The minimum Gasteiger partial charge on any atom is -0.330 e. The molecule has 0 bridgehead atoms. The molecule has 0 radical (unpaired) electrons. The van der Waals surface area contributed by atoms with Gasteiger partial charge in [-0.1, -0.05) is 6.42 Å². The lowest BCUT2D eigenvalue weighted by molar-refractivity contribution is 0.145. The Morgan fingerprint density at radius 3 is 2.12 bits per heavy atom. The standard InChI is InChI=1S/C12H28N4/c13-6-2-8-16(9-3-7-14)12-5-1-4-11(15)10-12/h11-12H,1-10,13-15H2. The Hall–Kier alpha value is -0.160. The molecule has 0 saturated heterocycles. The number of nitrogens with zero attached hydrogens (tertiary/aromatic N) is 1. The summed E-state index contributed by atoms with van der Waals surface area (Å²) < 4.78 is 0. The summed E-state index contributed by atoms with van der Waals surface area (Å²) in [5.74, 6) is 0. The molecule has 1 aliphatic carbocycles. The second-order valence-electron chi connectivity index (χ2n) is 4.90. The first-order chi connectivity index (χ1) is 7.77. The molecule has 6 N–H and O–H groups in total. The van der Waals surface area contributed by atoms with E-state index in [1.165, 1.54) is 19.3 Å². The second kappa shape index (κ2) is 8.01. The Bertz CT molecular complexity index is 166. The van der Waals surface area contributed by atoms with E-state index in [0.29, 0.717) is 12.1 Å². The van der Waals surface area contributed by atoms with Crippen molar-refractivity contribution in [3.8, 4) is 0 Å². The SMILES string of the molecule is NCCCN(CCCN)C1CCCC(N)C1. The molecule has 0 aromatic rings. The van der Waals surface area contributed by atoms with Crippen LogP contribution in [0.25, 0.3) is 0 Å². The summed E-state index contributed by atoms with van der Waals surface area (Å²) in [6.07, 6.45) is 7.07. The Morgan fingerprint density at radius 1 is 1.00 bits per heavy atom. The van der Waals surface area contributed by atoms with E-state index >= 15 is 0 Å². The molecular formula is C12H28N4. The fraction of sp³-hybridized carbons (Fsp3) is 1.00. The van der Waals surface area contributed by atoms with Crippen LogP contribution in [-0.4, -0.2) is 43.2 Å². The highest BCUT2D eigenvalue weighted by Gasteiger charge is 2.23. The van der Waals surface area contributed by atoms with Crippen LogP contribution < -0.4 is 17.2 Å². The van der Waals surface area contributed by atoms with Crippen molar-refractivity contribution in [3.05, 3.63) is 0 Å². The predicted molar refractivity (Wildman–Crippen MR) is 69.1 cm³/mol. The molecular weight excluding hydrogens is 200 g/mol. The van der Waals surface area contributed by atoms with E-state index in [4.69, 9.17) is 17.2 Å². The molecule has 1 fully saturated rings. The van der Waals surface area contributed by atoms with Crippen molar-refractivity contribution < 1.29 is 0 Å². The fourth-order valence-electron chi connectivity index (χ4n) is 2.60. The molecule has 1 rings (SSSR count). The highest BCUT2D eigenvalue weighted by atomic mass is 15.2. The summed E-state index contributed by atoms with van der Waals surface area (Å²) in [5.41, 5.74) is 17.2. The zero-order valence-corrected chi connectivity index (χ0v) is 10.4. The lowest BCUT2D eigenvalue weighted by Gasteiger charge is -2.36. The van der Waals surface area contributed by atoms with Gasteiger partial charge in [-0.25, -0.2) is 0 Å². The van der Waals surface area contributed by atoms with Crippen LogP contribution in [0.1, 0.15) is 38.5 Å². The van der Waals surface area contributed by atoms with Gasteiger partial charge in [-0.05, 0) is 58.3 Å². The van der Waals surface area contributed by atoms with E-state index in [1.807, 2.05) is 0 Å². The van der Waals surface area contributed by atoms with Crippen molar-refractivity contribution in [1.29, 1.82) is 0 Å².